The second kappa shape index (κ2) is 7.25. The van der Waals surface area contributed by atoms with Gasteiger partial charge in [0.1, 0.15) is 5.01 Å². The summed E-state index contributed by atoms with van der Waals surface area (Å²) in [5.74, 6) is 0.919. The fourth-order valence-corrected chi connectivity index (χ4v) is 3.56. The van der Waals surface area contributed by atoms with E-state index in [1.165, 1.54) is 30.6 Å². The predicted molar refractivity (Wildman–Crippen MR) is 91.0 cm³/mol. The maximum atomic E-state index is 4.68. The van der Waals surface area contributed by atoms with Gasteiger partial charge in [0.2, 0.25) is 0 Å². The molecule has 0 saturated heterocycles. The SMILES string of the molecule is CCNC(=NCc1nc(C)c(C)s1)NCC1(CC)CCC1. The first-order valence-corrected chi connectivity index (χ1v) is 8.85. The minimum atomic E-state index is 0.505. The van der Waals surface area contributed by atoms with Gasteiger partial charge in [0.25, 0.3) is 0 Å². The third-order valence-corrected chi connectivity index (χ3v) is 5.64. The van der Waals surface area contributed by atoms with Gasteiger partial charge in [0.05, 0.1) is 12.2 Å². The zero-order valence-electron chi connectivity index (χ0n) is 13.8. The maximum Gasteiger partial charge on any atom is 0.191 e. The van der Waals surface area contributed by atoms with Crippen molar-refractivity contribution in [2.45, 2.75) is 59.9 Å². The van der Waals surface area contributed by atoms with Gasteiger partial charge in [-0.2, -0.15) is 0 Å². The summed E-state index contributed by atoms with van der Waals surface area (Å²) >= 11 is 1.74. The molecule has 2 N–H and O–H groups in total. The number of thiazole rings is 1. The number of rotatable bonds is 6. The summed E-state index contributed by atoms with van der Waals surface area (Å²) in [6, 6.07) is 0. The molecule has 1 fully saturated rings. The highest BCUT2D eigenvalue weighted by atomic mass is 32.1. The van der Waals surface area contributed by atoms with E-state index in [9.17, 15) is 0 Å². The summed E-state index contributed by atoms with van der Waals surface area (Å²) in [5, 5.41) is 7.95. The number of aryl methyl sites for hydroxylation is 2. The Hall–Kier alpha value is -1.10. The van der Waals surface area contributed by atoms with Crippen LogP contribution in [0.5, 0.6) is 0 Å². The van der Waals surface area contributed by atoms with Gasteiger partial charge in [0, 0.05) is 18.0 Å². The average molecular weight is 308 g/mol. The summed E-state index contributed by atoms with van der Waals surface area (Å²) in [7, 11) is 0. The van der Waals surface area contributed by atoms with E-state index in [2.05, 4.69) is 48.3 Å². The topological polar surface area (TPSA) is 49.3 Å². The first-order valence-electron chi connectivity index (χ1n) is 8.03. The quantitative estimate of drug-likeness (QED) is 0.625. The molecule has 0 aromatic carbocycles. The van der Waals surface area contributed by atoms with Crippen molar-refractivity contribution in [3.8, 4) is 0 Å². The summed E-state index contributed by atoms with van der Waals surface area (Å²) < 4.78 is 0. The lowest BCUT2D eigenvalue weighted by Gasteiger charge is -2.41. The van der Waals surface area contributed by atoms with Crippen LogP contribution in [0.1, 0.15) is 55.1 Å². The van der Waals surface area contributed by atoms with Gasteiger partial charge in [0.15, 0.2) is 5.96 Å². The van der Waals surface area contributed by atoms with Crippen LogP contribution >= 0.6 is 11.3 Å². The van der Waals surface area contributed by atoms with Crippen molar-refractivity contribution in [3.05, 3.63) is 15.6 Å². The molecule has 1 aromatic rings. The molecule has 0 atom stereocenters. The van der Waals surface area contributed by atoms with Crippen LogP contribution in [0, 0.1) is 19.3 Å². The molecule has 21 heavy (non-hydrogen) atoms. The lowest BCUT2D eigenvalue weighted by atomic mass is 9.67. The molecular formula is C16H28N4S. The van der Waals surface area contributed by atoms with E-state index in [1.54, 1.807) is 11.3 Å². The molecule has 0 aliphatic heterocycles. The van der Waals surface area contributed by atoms with Crippen molar-refractivity contribution in [1.82, 2.24) is 15.6 Å². The first kappa shape index (κ1) is 16.3. The Balaban J connectivity index is 1.92. The van der Waals surface area contributed by atoms with Gasteiger partial charge >= 0.3 is 0 Å². The Kier molecular flexibility index (Phi) is 5.62. The van der Waals surface area contributed by atoms with Crippen molar-refractivity contribution in [3.63, 3.8) is 0 Å². The molecule has 5 heteroatoms. The Morgan fingerprint density at radius 1 is 1.29 bits per heavy atom. The molecule has 4 nitrogen and oxygen atoms in total. The molecule has 118 valence electrons. The van der Waals surface area contributed by atoms with Crippen LogP contribution in [0.25, 0.3) is 0 Å². The molecule has 0 unspecified atom stereocenters. The van der Waals surface area contributed by atoms with Gasteiger partial charge in [-0.05, 0) is 45.4 Å². The smallest absolute Gasteiger partial charge is 0.191 e. The van der Waals surface area contributed by atoms with E-state index >= 15 is 0 Å². The monoisotopic (exact) mass is 308 g/mol. The predicted octanol–water partition coefficient (Wildman–Crippen LogP) is 3.40. The number of guanidine groups is 1. The zero-order valence-corrected chi connectivity index (χ0v) is 14.6. The zero-order chi connectivity index (χ0) is 15.3. The van der Waals surface area contributed by atoms with Crippen molar-refractivity contribution in [2.24, 2.45) is 10.4 Å². The molecule has 0 amide bonds. The number of nitrogens with one attached hydrogen (secondary N) is 2. The van der Waals surface area contributed by atoms with Gasteiger partial charge in [-0.1, -0.05) is 13.3 Å². The van der Waals surface area contributed by atoms with E-state index in [1.807, 2.05) is 0 Å². The van der Waals surface area contributed by atoms with Crippen LogP contribution in [-0.2, 0) is 6.54 Å². The second-order valence-electron chi connectivity index (χ2n) is 6.01. The fraction of sp³-hybridized carbons (Fsp3) is 0.750. The minimum absolute atomic E-state index is 0.505. The van der Waals surface area contributed by atoms with E-state index in [4.69, 9.17) is 0 Å². The standard InChI is InChI=1S/C16H28N4S/c1-5-16(8-7-9-16)11-19-15(17-6-2)18-10-14-20-12(3)13(4)21-14/h5-11H2,1-4H3,(H2,17,18,19). The molecular weight excluding hydrogens is 280 g/mol. The number of nitrogens with zero attached hydrogens (tertiary/aromatic N) is 2. The van der Waals surface area contributed by atoms with E-state index in [-0.39, 0.29) is 0 Å². The number of aromatic nitrogens is 1. The van der Waals surface area contributed by atoms with Crippen LogP contribution in [-0.4, -0.2) is 24.0 Å². The Morgan fingerprint density at radius 3 is 2.52 bits per heavy atom. The highest BCUT2D eigenvalue weighted by Crippen LogP contribution is 2.42. The normalized spacial score (nSPS) is 17.4. The summed E-state index contributed by atoms with van der Waals surface area (Å²) in [6.45, 7) is 11.2. The van der Waals surface area contributed by atoms with Gasteiger partial charge in [-0.25, -0.2) is 9.98 Å². The molecule has 0 radical (unpaired) electrons. The summed E-state index contributed by atoms with van der Waals surface area (Å²) in [5.41, 5.74) is 1.63. The molecule has 1 aromatic heterocycles. The third kappa shape index (κ3) is 4.19. The van der Waals surface area contributed by atoms with Crippen LogP contribution in [0.3, 0.4) is 0 Å². The molecule has 0 spiro atoms. The lowest BCUT2D eigenvalue weighted by molar-refractivity contribution is 0.131. The van der Waals surface area contributed by atoms with Crippen LogP contribution in [0.4, 0.5) is 0 Å². The van der Waals surface area contributed by atoms with Crippen LogP contribution < -0.4 is 10.6 Å². The Labute approximate surface area is 132 Å². The summed E-state index contributed by atoms with van der Waals surface area (Å²) in [6.07, 6.45) is 5.33. The minimum Gasteiger partial charge on any atom is -0.357 e. The number of aliphatic imine (C=N–C) groups is 1. The van der Waals surface area contributed by atoms with Gasteiger partial charge < -0.3 is 10.6 Å². The van der Waals surface area contributed by atoms with Crippen molar-refractivity contribution in [2.75, 3.05) is 13.1 Å². The second-order valence-corrected chi connectivity index (χ2v) is 7.29. The highest BCUT2D eigenvalue weighted by molar-refractivity contribution is 7.11. The molecule has 1 aliphatic rings. The average Bonchev–Trinajstić information content (AvgIpc) is 2.74. The van der Waals surface area contributed by atoms with Crippen molar-refractivity contribution >= 4 is 17.3 Å². The van der Waals surface area contributed by atoms with E-state index < -0.39 is 0 Å². The molecule has 1 saturated carbocycles. The van der Waals surface area contributed by atoms with Gasteiger partial charge in [-0.15, -0.1) is 11.3 Å². The molecule has 2 rings (SSSR count). The van der Waals surface area contributed by atoms with Crippen LogP contribution in [0.15, 0.2) is 4.99 Å². The van der Waals surface area contributed by atoms with Crippen LogP contribution in [0.2, 0.25) is 0 Å². The maximum absolute atomic E-state index is 4.68. The Morgan fingerprint density at radius 2 is 2.05 bits per heavy atom. The fourth-order valence-electron chi connectivity index (χ4n) is 2.70. The summed E-state index contributed by atoms with van der Waals surface area (Å²) in [4.78, 5) is 10.5. The third-order valence-electron chi connectivity index (χ3n) is 4.58. The molecule has 1 aliphatic carbocycles. The first-order chi connectivity index (χ1) is 10.1. The lowest BCUT2D eigenvalue weighted by Crippen LogP contribution is -2.46. The highest BCUT2D eigenvalue weighted by Gasteiger charge is 2.34. The number of hydrogen-bond donors (Lipinski definition) is 2. The van der Waals surface area contributed by atoms with Crippen molar-refractivity contribution < 1.29 is 0 Å². The largest absolute Gasteiger partial charge is 0.357 e. The van der Waals surface area contributed by atoms with E-state index in [0.29, 0.717) is 12.0 Å². The van der Waals surface area contributed by atoms with Crippen molar-refractivity contribution in [1.29, 1.82) is 0 Å². The molecule has 1 heterocycles. The van der Waals surface area contributed by atoms with Gasteiger partial charge in [-0.3, -0.25) is 0 Å². The molecule has 0 bridgehead atoms. The number of hydrogen-bond acceptors (Lipinski definition) is 3. The van der Waals surface area contributed by atoms with E-state index in [0.717, 1.165) is 29.8 Å². The Bertz CT molecular complexity index is 463.